The third-order valence-corrected chi connectivity index (χ3v) is 9.81. The summed E-state index contributed by atoms with van der Waals surface area (Å²) in [5.74, 6) is -0.306. The molecule has 2 atom stereocenters. The number of halogens is 1. The summed E-state index contributed by atoms with van der Waals surface area (Å²) in [5.41, 5.74) is 4.22. The van der Waals surface area contributed by atoms with Gasteiger partial charge in [0.05, 0.1) is 23.6 Å². The number of rotatable bonds is 6. The molecule has 1 saturated heterocycles. The number of aryl methyl sites for hydroxylation is 2. The lowest BCUT2D eigenvalue weighted by Crippen LogP contribution is -2.36. The number of sulfonamides is 1. The van der Waals surface area contributed by atoms with Gasteiger partial charge in [0, 0.05) is 50.4 Å². The number of likely N-dealkylation sites (N-methyl/N-ethyl adjacent to an activating group) is 1. The molecule has 0 bridgehead atoms. The second-order valence-corrected chi connectivity index (χ2v) is 12.7. The lowest BCUT2D eigenvalue weighted by Gasteiger charge is -2.32. The molecule has 0 saturated carbocycles. The van der Waals surface area contributed by atoms with E-state index in [1.54, 1.807) is 41.5 Å². The van der Waals surface area contributed by atoms with Gasteiger partial charge in [-0.2, -0.15) is 14.5 Å². The highest BCUT2D eigenvalue weighted by Gasteiger charge is 2.45. The Balaban J connectivity index is 1.43. The lowest BCUT2D eigenvalue weighted by atomic mass is 9.73. The number of benzene rings is 2. The molecule has 9 nitrogen and oxygen atoms in total. The minimum atomic E-state index is -3.74. The highest BCUT2D eigenvalue weighted by atomic mass is 32.2. The molecule has 0 amide bonds. The number of fused-ring (bicyclic) bond motifs is 1. The molecule has 2 unspecified atom stereocenters. The van der Waals surface area contributed by atoms with Crippen molar-refractivity contribution in [2.24, 2.45) is 7.05 Å². The van der Waals surface area contributed by atoms with E-state index in [9.17, 15) is 17.9 Å². The van der Waals surface area contributed by atoms with Crippen molar-refractivity contribution in [3.63, 3.8) is 0 Å². The molecule has 0 aliphatic carbocycles. The van der Waals surface area contributed by atoms with Crippen molar-refractivity contribution in [2.45, 2.75) is 36.3 Å². The summed E-state index contributed by atoms with van der Waals surface area (Å²) in [6, 6.07) is 10.6. The number of aliphatic hydroxyl groups is 1. The summed E-state index contributed by atoms with van der Waals surface area (Å²) < 4.78 is 45.7. The Morgan fingerprint density at radius 2 is 1.90 bits per heavy atom. The molecule has 208 valence electrons. The van der Waals surface area contributed by atoms with Crippen molar-refractivity contribution >= 4 is 26.6 Å². The van der Waals surface area contributed by atoms with E-state index in [4.69, 9.17) is 0 Å². The molecule has 1 N–H and O–H groups in total. The fraction of sp³-hybridized carbons (Fsp3) is 0.310. The van der Waals surface area contributed by atoms with Crippen LogP contribution in [0.2, 0.25) is 0 Å². The van der Waals surface area contributed by atoms with Crippen LogP contribution < -0.4 is 0 Å². The van der Waals surface area contributed by atoms with Gasteiger partial charge in [-0.25, -0.2) is 17.5 Å². The minimum Gasteiger partial charge on any atom is -0.370 e. The van der Waals surface area contributed by atoms with Crippen molar-refractivity contribution in [3.8, 4) is 0 Å². The van der Waals surface area contributed by atoms with Gasteiger partial charge >= 0.3 is 0 Å². The molecule has 2 aromatic heterocycles. The fourth-order valence-electron chi connectivity index (χ4n) is 5.90. The fourth-order valence-corrected chi connectivity index (χ4v) is 7.42. The molecular weight excluding hydrogens is 531 g/mol. The van der Waals surface area contributed by atoms with Gasteiger partial charge < -0.3 is 10.0 Å². The summed E-state index contributed by atoms with van der Waals surface area (Å²) in [4.78, 5) is 1.88. The van der Waals surface area contributed by atoms with E-state index in [0.29, 0.717) is 25.9 Å². The predicted molar refractivity (Wildman–Crippen MR) is 150 cm³/mol. The Morgan fingerprint density at radius 1 is 1.12 bits per heavy atom. The number of aromatic nitrogens is 4. The molecule has 0 radical (unpaired) electrons. The first-order valence-electron chi connectivity index (χ1n) is 13.1. The van der Waals surface area contributed by atoms with Crippen LogP contribution >= 0.6 is 0 Å². The second kappa shape index (κ2) is 9.69. The number of nitrogens with zero attached hydrogens (tertiary/aromatic N) is 6. The van der Waals surface area contributed by atoms with Gasteiger partial charge in [-0.1, -0.05) is 12.1 Å². The highest BCUT2D eigenvalue weighted by Crippen LogP contribution is 2.42. The Hall–Kier alpha value is -3.80. The highest BCUT2D eigenvalue weighted by molar-refractivity contribution is 7.89. The van der Waals surface area contributed by atoms with Crippen LogP contribution in [0, 0.1) is 12.7 Å². The summed E-state index contributed by atoms with van der Waals surface area (Å²) >= 11 is 0. The number of hydrogen-bond acceptors (Lipinski definition) is 6. The summed E-state index contributed by atoms with van der Waals surface area (Å²) in [6.45, 7) is 2.69. The Kier molecular flexibility index (Phi) is 6.40. The first-order chi connectivity index (χ1) is 19.1. The van der Waals surface area contributed by atoms with Crippen LogP contribution in [0.4, 0.5) is 4.39 Å². The van der Waals surface area contributed by atoms with Crippen molar-refractivity contribution in [1.29, 1.82) is 0 Å². The van der Waals surface area contributed by atoms with E-state index >= 15 is 0 Å². The zero-order chi connectivity index (χ0) is 28.2. The van der Waals surface area contributed by atoms with Gasteiger partial charge in [0.2, 0.25) is 10.0 Å². The van der Waals surface area contributed by atoms with Crippen molar-refractivity contribution < 1.29 is 17.9 Å². The summed E-state index contributed by atoms with van der Waals surface area (Å²) in [5, 5.41) is 19.6. The van der Waals surface area contributed by atoms with Crippen LogP contribution in [-0.4, -0.2) is 68.7 Å². The molecule has 11 heteroatoms. The molecular formula is C29H31FN6O3S. The minimum absolute atomic E-state index is 0.171. The van der Waals surface area contributed by atoms with E-state index in [0.717, 1.165) is 33.3 Å². The van der Waals surface area contributed by atoms with Crippen LogP contribution in [0.5, 0.6) is 0 Å². The van der Waals surface area contributed by atoms with Gasteiger partial charge in [0.1, 0.15) is 16.9 Å². The summed E-state index contributed by atoms with van der Waals surface area (Å²) in [6.07, 6.45) is 10.6. The third-order valence-electron chi connectivity index (χ3n) is 8.02. The summed E-state index contributed by atoms with van der Waals surface area (Å²) in [7, 11) is -0.244. The first kappa shape index (κ1) is 26.4. The van der Waals surface area contributed by atoms with Gasteiger partial charge in [0.15, 0.2) is 0 Å². The van der Waals surface area contributed by atoms with E-state index in [1.165, 1.54) is 29.2 Å². The van der Waals surface area contributed by atoms with E-state index < -0.39 is 21.7 Å². The van der Waals surface area contributed by atoms with E-state index in [2.05, 4.69) is 22.3 Å². The van der Waals surface area contributed by atoms with Gasteiger partial charge in [-0.3, -0.25) is 4.68 Å². The Morgan fingerprint density at radius 3 is 2.60 bits per heavy atom. The number of hydrogen-bond donors (Lipinski definition) is 1. The normalized spacial score (nSPS) is 21.9. The lowest BCUT2D eigenvalue weighted by molar-refractivity contribution is 0.0975. The van der Waals surface area contributed by atoms with Crippen LogP contribution in [0.25, 0.3) is 16.6 Å². The first-order valence-corrected chi connectivity index (χ1v) is 14.5. The average Bonchev–Trinajstić information content (AvgIpc) is 3.66. The topological polar surface area (TPSA) is 96.5 Å². The number of aliphatic hydroxyl groups excluding tert-OH is 1. The van der Waals surface area contributed by atoms with Crippen LogP contribution in [-0.2, 0) is 28.9 Å². The van der Waals surface area contributed by atoms with Crippen molar-refractivity contribution in [3.05, 3.63) is 95.8 Å². The molecule has 4 aromatic rings. The largest absolute Gasteiger partial charge is 0.370 e. The van der Waals surface area contributed by atoms with Gasteiger partial charge in [-0.05, 0) is 72.9 Å². The van der Waals surface area contributed by atoms with E-state index in [-0.39, 0.29) is 10.7 Å². The van der Waals surface area contributed by atoms with Crippen LogP contribution in [0.3, 0.4) is 0 Å². The molecule has 2 aliphatic heterocycles. The predicted octanol–water partition coefficient (Wildman–Crippen LogP) is 3.41. The second-order valence-electron chi connectivity index (χ2n) is 10.8. The van der Waals surface area contributed by atoms with Crippen molar-refractivity contribution in [1.82, 2.24) is 28.8 Å². The standard InChI is InChI=1S/C29H31FN6O3S/c1-20-12-27-22(15-32-36(27)24-8-9-28(37)33(2)17-24)13-26(20)29(14-21-4-6-23(30)7-5-21)10-11-35(19-29)40(38,39)25-16-31-34(3)18-25/h4-9,12-13,15-18,28,37H,10-11,14,19H2,1-3H3. The molecule has 1 fully saturated rings. The van der Waals surface area contributed by atoms with Crippen LogP contribution in [0.15, 0.2) is 78.2 Å². The third kappa shape index (κ3) is 4.53. The Labute approximate surface area is 232 Å². The zero-order valence-corrected chi connectivity index (χ0v) is 23.4. The average molecular weight is 563 g/mol. The molecule has 6 rings (SSSR count). The smallest absolute Gasteiger partial charge is 0.246 e. The van der Waals surface area contributed by atoms with Crippen molar-refractivity contribution in [2.75, 3.05) is 20.1 Å². The maximum atomic E-state index is 13.7. The molecule has 2 aliphatic rings. The maximum Gasteiger partial charge on any atom is 0.246 e. The monoisotopic (exact) mass is 562 g/mol. The molecule has 4 heterocycles. The number of allylic oxidation sites excluding steroid dienone is 2. The van der Waals surface area contributed by atoms with Gasteiger partial charge in [0.25, 0.3) is 0 Å². The quantitative estimate of drug-likeness (QED) is 0.387. The molecule has 40 heavy (non-hydrogen) atoms. The Bertz CT molecular complexity index is 1760. The molecule has 2 aromatic carbocycles. The zero-order valence-electron chi connectivity index (χ0n) is 22.6. The van der Waals surface area contributed by atoms with Crippen LogP contribution in [0.1, 0.15) is 23.1 Å². The SMILES string of the molecule is Cc1cc2c(cnn2C2=CN(C)C(O)C=C2)cc1C1(Cc2ccc(F)cc2)CCN(S(=O)(=O)c2cnn(C)c2)C1. The van der Waals surface area contributed by atoms with Gasteiger partial charge in [-0.15, -0.1) is 0 Å². The maximum absolute atomic E-state index is 13.7. The van der Waals surface area contributed by atoms with E-state index in [1.807, 2.05) is 30.1 Å². The molecule has 0 spiro atoms.